The number of esters is 5. The van der Waals surface area contributed by atoms with Crippen LogP contribution in [0.1, 0.15) is 98.0 Å². The van der Waals surface area contributed by atoms with Crippen molar-refractivity contribution in [2.24, 2.45) is 22.7 Å². The molecule has 0 aliphatic carbocycles. The third kappa shape index (κ3) is 13.5. The number of carbonyl (C=O) groups is 5. The van der Waals surface area contributed by atoms with Gasteiger partial charge in [-0.3, -0.25) is 19.2 Å². The largest absolute Gasteiger partial charge is 0.469 e. The first-order valence-electron chi connectivity index (χ1n) is 16.2. The average Bonchev–Trinajstić information content (AvgIpc) is 3.05. The van der Waals surface area contributed by atoms with Gasteiger partial charge in [-0.15, -0.1) is 0 Å². The second kappa shape index (κ2) is 20.5. The highest BCUT2D eigenvalue weighted by Gasteiger charge is 2.48. The molecule has 47 heavy (non-hydrogen) atoms. The molecule has 1 N–H and O–H groups in total. The van der Waals surface area contributed by atoms with E-state index < -0.39 is 59.3 Å². The number of ether oxygens (including phenoxy) is 5. The summed E-state index contributed by atoms with van der Waals surface area (Å²) in [5.41, 5.74) is -1.34. The van der Waals surface area contributed by atoms with Crippen LogP contribution in [-0.2, 0) is 47.7 Å². The molecular formula is C36H54O11. The van der Waals surface area contributed by atoms with Crippen molar-refractivity contribution in [2.75, 3.05) is 33.7 Å². The zero-order valence-electron chi connectivity index (χ0n) is 29.1. The van der Waals surface area contributed by atoms with Crippen LogP contribution in [0, 0.1) is 22.7 Å². The number of unbranched alkanes of at least 4 members (excludes halogenated alkanes) is 1. The predicted molar refractivity (Wildman–Crippen MR) is 175 cm³/mol. The van der Waals surface area contributed by atoms with Crippen LogP contribution in [0.3, 0.4) is 0 Å². The van der Waals surface area contributed by atoms with Gasteiger partial charge < -0.3 is 28.8 Å². The average molecular weight is 663 g/mol. The van der Waals surface area contributed by atoms with E-state index >= 15 is 0 Å². The number of rotatable bonds is 22. The quantitative estimate of drug-likeness (QED) is 0.0537. The van der Waals surface area contributed by atoms with E-state index in [-0.39, 0.29) is 50.6 Å². The van der Waals surface area contributed by atoms with E-state index in [1.165, 1.54) is 14.0 Å². The van der Waals surface area contributed by atoms with E-state index in [2.05, 4.69) is 6.58 Å². The summed E-state index contributed by atoms with van der Waals surface area (Å²) in [5, 5.41) is 9.24. The molecule has 0 amide bonds. The van der Waals surface area contributed by atoms with Crippen LogP contribution < -0.4 is 0 Å². The SMILES string of the molecule is C=C(C)C(=O)OCCOC(=O)C(C)CC(CC(CC(C)(CC(C)(CC)C(=O)OCO)C(=O)OC)C(=O)OCCCC)c1ccccc1. The molecule has 11 nitrogen and oxygen atoms in total. The molecule has 5 unspecified atom stereocenters. The Labute approximate surface area is 279 Å². The van der Waals surface area contributed by atoms with Crippen molar-refractivity contribution in [2.45, 2.75) is 92.4 Å². The molecule has 0 spiro atoms. The van der Waals surface area contributed by atoms with Crippen LogP contribution in [0.15, 0.2) is 42.5 Å². The standard InChI is InChI=1S/C36H54O11/c1-9-11-17-44-32(40)29(22-36(7,33(41)43-8)23-35(6,10-2)34(42)47-24-37)21-28(27-15-13-12-14-16-27)20-26(5)31(39)46-19-18-45-30(38)25(3)4/h12-16,26,28-29,37H,3,9-11,17-24H2,1-2,4-8H3. The molecule has 0 saturated heterocycles. The third-order valence-corrected chi connectivity index (χ3v) is 8.49. The lowest BCUT2D eigenvalue weighted by Gasteiger charge is -2.37. The fourth-order valence-electron chi connectivity index (χ4n) is 5.65. The first-order valence-corrected chi connectivity index (χ1v) is 16.2. The van der Waals surface area contributed by atoms with Crippen LogP contribution in [0.4, 0.5) is 0 Å². The smallest absolute Gasteiger partial charge is 0.333 e. The second-order valence-electron chi connectivity index (χ2n) is 12.7. The molecule has 1 aromatic carbocycles. The van der Waals surface area contributed by atoms with Gasteiger partial charge in [0.05, 0.1) is 36.4 Å². The highest BCUT2D eigenvalue weighted by atomic mass is 16.6. The summed E-state index contributed by atoms with van der Waals surface area (Å²) in [6.45, 7) is 13.0. The minimum absolute atomic E-state index is 0.00285. The first kappa shape index (κ1) is 41.3. The summed E-state index contributed by atoms with van der Waals surface area (Å²) < 4.78 is 26.2. The number of benzene rings is 1. The van der Waals surface area contributed by atoms with Crippen LogP contribution in [-0.4, -0.2) is 68.7 Å². The topological polar surface area (TPSA) is 152 Å². The molecule has 5 atom stereocenters. The van der Waals surface area contributed by atoms with E-state index in [1.54, 1.807) is 27.7 Å². The highest BCUT2D eigenvalue weighted by Crippen LogP contribution is 2.45. The fraction of sp³-hybridized carbons (Fsp3) is 0.639. The third-order valence-electron chi connectivity index (χ3n) is 8.49. The van der Waals surface area contributed by atoms with Gasteiger partial charge in [-0.25, -0.2) is 4.79 Å². The van der Waals surface area contributed by atoms with Gasteiger partial charge in [0.1, 0.15) is 13.2 Å². The summed E-state index contributed by atoms with van der Waals surface area (Å²) >= 11 is 0. The van der Waals surface area contributed by atoms with E-state index in [4.69, 9.17) is 23.7 Å². The van der Waals surface area contributed by atoms with Gasteiger partial charge in [-0.05, 0) is 70.8 Å². The van der Waals surface area contributed by atoms with Gasteiger partial charge in [-0.2, -0.15) is 0 Å². The zero-order valence-corrected chi connectivity index (χ0v) is 29.1. The lowest BCUT2D eigenvalue weighted by atomic mass is 9.66. The van der Waals surface area contributed by atoms with Crippen LogP contribution in [0.25, 0.3) is 0 Å². The minimum atomic E-state index is -1.31. The molecular weight excluding hydrogens is 608 g/mol. The number of aliphatic hydroxyl groups is 1. The van der Waals surface area contributed by atoms with Gasteiger partial charge in [0.15, 0.2) is 6.79 Å². The number of hydrogen-bond acceptors (Lipinski definition) is 11. The van der Waals surface area contributed by atoms with Crippen molar-refractivity contribution in [3.8, 4) is 0 Å². The van der Waals surface area contributed by atoms with E-state index in [1.807, 2.05) is 37.3 Å². The van der Waals surface area contributed by atoms with Gasteiger partial charge >= 0.3 is 29.8 Å². The normalized spacial score (nSPS) is 15.5. The Morgan fingerprint density at radius 3 is 2.02 bits per heavy atom. The Balaban J connectivity index is 3.40. The summed E-state index contributed by atoms with van der Waals surface area (Å²) in [6.07, 6.45) is 2.34. The molecule has 264 valence electrons. The van der Waals surface area contributed by atoms with E-state index in [9.17, 15) is 29.1 Å². The summed E-state index contributed by atoms with van der Waals surface area (Å²) in [5.74, 6) is -4.51. The molecule has 1 rings (SSSR count). The monoisotopic (exact) mass is 662 g/mol. The van der Waals surface area contributed by atoms with Crippen LogP contribution in [0.2, 0.25) is 0 Å². The summed E-state index contributed by atoms with van der Waals surface area (Å²) in [6, 6.07) is 9.43. The number of carbonyl (C=O) groups excluding carboxylic acids is 5. The van der Waals surface area contributed by atoms with Gasteiger partial charge in [0.25, 0.3) is 0 Å². The maximum absolute atomic E-state index is 13.7. The van der Waals surface area contributed by atoms with Gasteiger partial charge in [0, 0.05) is 5.57 Å². The van der Waals surface area contributed by atoms with Crippen molar-refractivity contribution in [1.82, 2.24) is 0 Å². The first-order chi connectivity index (χ1) is 22.2. The summed E-state index contributed by atoms with van der Waals surface area (Å²) in [4.78, 5) is 64.5. The molecule has 0 fully saturated rings. The number of methoxy groups -OCH3 is 1. The molecule has 0 heterocycles. The second-order valence-corrected chi connectivity index (χ2v) is 12.7. The zero-order chi connectivity index (χ0) is 35.6. The van der Waals surface area contributed by atoms with Gasteiger partial charge in [0.2, 0.25) is 0 Å². The van der Waals surface area contributed by atoms with Crippen LogP contribution >= 0.6 is 0 Å². The molecule has 11 heteroatoms. The maximum Gasteiger partial charge on any atom is 0.333 e. The molecule has 1 aromatic rings. The van der Waals surface area contributed by atoms with Crippen molar-refractivity contribution in [3.05, 3.63) is 48.0 Å². The minimum Gasteiger partial charge on any atom is -0.469 e. The Morgan fingerprint density at radius 2 is 1.47 bits per heavy atom. The molecule has 0 saturated carbocycles. The Bertz CT molecular complexity index is 1180. The molecule has 0 aliphatic heterocycles. The summed E-state index contributed by atoms with van der Waals surface area (Å²) in [7, 11) is 1.25. The van der Waals surface area contributed by atoms with Gasteiger partial charge in [-0.1, -0.05) is 64.1 Å². The van der Waals surface area contributed by atoms with Crippen molar-refractivity contribution >= 4 is 29.8 Å². The Kier molecular flexibility index (Phi) is 18.0. The Morgan fingerprint density at radius 1 is 0.851 bits per heavy atom. The number of aliphatic hydroxyl groups excluding tert-OH is 1. The maximum atomic E-state index is 13.7. The van der Waals surface area contributed by atoms with E-state index in [0.29, 0.717) is 19.3 Å². The highest BCUT2D eigenvalue weighted by molar-refractivity contribution is 5.87. The fourth-order valence-corrected chi connectivity index (χ4v) is 5.65. The molecule has 0 aromatic heterocycles. The van der Waals surface area contributed by atoms with Crippen LogP contribution in [0.5, 0.6) is 0 Å². The molecule has 0 aliphatic rings. The lowest BCUT2D eigenvalue weighted by molar-refractivity contribution is -0.169. The number of hydrogen-bond donors (Lipinski definition) is 1. The lowest BCUT2D eigenvalue weighted by Crippen LogP contribution is -2.42. The van der Waals surface area contributed by atoms with E-state index in [0.717, 1.165) is 12.0 Å². The Hall–Kier alpha value is -3.73. The van der Waals surface area contributed by atoms with Crippen molar-refractivity contribution < 1.29 is 52.8 Å². The van der Waals surface area contributed by atoms with Crippen molar-refractivity contribution in [3.63, 3.8) is 0 Å². The molecule has 0 bridgehead atoms. The van der Waals surface area contributed by atoms with Crippen molar-refractivity contribution in [1.29, 1.82) is 0 Å². The predicted octanol–water partition coefficient (Wildman–Crippen LogP) is 5.68. The molecule has 0 radical (unpaired) electrons.